The number of amides is 4. The summed E-state index contributed by atoms with van der Waals surface area (Å²) in [6, 6.07) is 4.84. The average molecular weight is 377 g/mol. The third-order valence-electron chi connectivity index (χ3n) is 5.11. The first kappa shape index (κ1) is 19.3. The van der Waals surface area contributed by atoms with Crippen molar-refractivity contribution in [2.24, 2.45) is 0 Å². The van der Waals surface area contributed by atoms with E-state index in [1.807, 2.05) is 13.8 Å². The largest absolute Gasteiger partial charge is 0.372 e. The van der Waals surface area contributed by atoms with Crippen molar-refractivity contribution in [2.45, 2.75) is 44.9 Å². The number of rotatable bonds is 4. The van der Waals surface area contributed by atoms with Gasteiger partial charge in [0.2, 0.25) is 5.91 Å². The number of hydrogen-bond donors (Lipinski definition) is 1. The molecule has 3 atom stereocenters. The summed E-state index contributed by atoms with van der Waals surface area (Å²) < 4.78 is 18.9. The zero-order valence-corrected chi connectivity index (χ0v) is 15.7. The van der Waals surface area contributed by atoms with Crippen LogP contribution < -0.4 is 5.32 Å². The topological polar surface area (TPSA) is 79.0 Å². The number of nitrogens with zero attached hydrogens (tertiary/aromatic N) is 2. The molecule has 8 heteroatoms. The molecule has 0 radical (unpaired) electrons. The summed E-state index contributed by atoms with van der Waals surface area (Å²) in [4.78, 5) is 40.7. The molecule has 0 aromatic heterocycles. The first-order valence-corrected chi connectivity index (χ1v) is 9.10. The summed E-state index contributed by atoms with van der Waals surface area (Å²) in [7, 11) is 0. The van der Waals surface area contributed by atoms with Crippen LogP contribution in [0.15, 0.2) is 24.3 Å². The van der Waals surface area contributed by atoms with Crippen molar-refractivity contribution in [2.75, 3.05) is 19.6 Å². The van der Waals surface area contributed by atoms with Crippen molar-refractivity contribution in [3.8, 4) is 0 Å². The van der Waals surface area contributed by atoms with Gasteiger partial charge in [-0.05, 0) is 38.0 Å². The van der Waals surface area contributed by atoms with Crippen LogP contribution in [0.1, 0.15) is 32.8 Å². The lowest BCUT2D eigenvalue weighted by molar-refractivity contribution is -0.147. The van der Waals surface area contributed by atoms with E-state index in [0.717, 1.165) is 4.90 Å². The predicted molar refractivity (Wildman–Crippen MR) is 95.2 cm³/mol. The maximum atomic E-state index is 13.3. The molecular weight excluding hydrogens is 353 g/mol. The minimum Gasteiger partial charge on any atom is -0.372 e. The lowest BCUT2D eigenvalue weighted by atomic mass is 9.87. The maximum absolute atomic E-state index is 13.3. The lowest BCUT2D eigenvalue weighted by Crippen LogP contribution is -2.52. The summed E-state index contributed by atoms with van der Waals surface area (Å²) >= 11 is 0. The SMILES string of the molecule is CCC1(c2ccc(F)cc2)NC(=O)N(CC(=O)N2CC(C)OC(C)C2)C1=O. The average Bonchev–Trinajstić information content (AvgIpc) is 2.86. The van der Waals surface area contributed by atoms with Gasteiger partial charge in [0.05, 0.1) is 12.2 Å². The van der Waals surface area contributed by atoms with Gasteiger partial charge in [-0.25, -0.2) is 9.18 Å². The number of benzene rings is 1. The molecule has 1 N–H and O–H groups in total. The second-order valence-corrected chi connectivity index (χ2v) is 7.14. The molecule has 4 amide bonds. The second-order valence-electron chi connectivity index (χ2n) is 7.14. The number of imide groups is 1. The molecule has 0 bridgehead atoms. The Labute approximate surface area is 157 Å². The maximum Gasteiger partial charge on any atom is 0.325 e. The number of morpholine rings is 1. The molecule has 0 aliphatic carbocycles. The Kier molecular flexibility index (Phi) is 5.19. The highest BCUT2D eigenvalue weighted by Crippen LogP contribution is 2.32. The van der Waals surface area contributed by atoms with Gasteiger partial charge in [-0.2, -0.15) is 0 Å². The number of ether oxygens (including phenoxy) is 1. The smallest absolute Gasteiger partial charge is 0.325 e. The van der Waals surface area contributed by atoms with Crippen molar-refractivity contribution < 1.29 is 23.5 Å². The molecule has 0 spiro atoms. The van der Waals surface area contributed by atoms with Gasteiger partial charge in [0.25, 0.3) is 5.91 Å². The first-order valence-electron chi connectivity index (χ1n) is 9.10. The Bertz CT molecular complexity index is 744. The van der Waals surface area contributed by atoms with Gasteiger partial charge in [0.1, 0.15) is 17.9 Å². The Morgan fingerprint density at radius 3 is 2.37 bits per heavy atom. The number of carbonyl (C=O) groups excluding carboxylic acids is 3. The second kappa shape index (κ2) is 7.26. The molecule has 3 rings (SSSR count). The van der Waals surface area contributed by atoms with Crippen LogP contribution in [0.25, 0.3) is 0 Å². The van der Waals surface area contributed by atoms with Crippen LogP contribution in [0, 0.1) is 5.82 Å². The van der Waals surface area contributed by atoms with Gasteiger partial charge in [0.15, 0.2) is 0 Å². The van der Waals surface area contributed by atoms with E-state index in [2.05, 4.69) is 5.32 Å². The van der Waals surface area contributed by atoms with E-state index in [0.29, 0.717) is 25.1 Å². The van der Waals surface area contributed by atoms with Crippen LogP contribution in [-0.2, 0) is 19.9 Å². The highest BCUT2D eigenvalue weighted by Gasteiger charge is 2.52. The highest BCUT2D eigenvalue weighted by atomic mass is 19.1. The van der Waals surface area contributed by atoms with Crippen molar-refractivity contribution in [1.29, 1.82) is 0 Å². The van der Waals surface area contributed by atoms with E-state index in [4.69, 9.17) is 4.74 Å². The molecule has 2 saturated heterocycles. The standard InChI is InChI=1S/C19H24FN3O4/c1-4-19(14-5-7-15(20)8-6-14)17(25)23(18(26)21-19)11-16(24)22-9-12(2)27-13(3)10-22/h5-8,12-13H,4,9-11H2,1-3H3,(H,21,26). The molecule has 0 saturated carbocycles. The zero-order chi connectivity index (χ0) is 19.8. The zero-order valence-electron chi connectivity index (χ0n) is 15.7. The highest BCUT2D eigenvalue weighted by molar-refractivity contribution is 6.09. The Morgan fingerprint density at radius 2 is 1.81 bits per heavy atom. The molecule has 7 nitrogen and oxygen atoms in total. The van der Waals surface area contributed by atoms with Gasteiger partial charge in [-0.1, -0.05) is 19.1 Å². The van der Waals surface area contributed by atoms with Crippen LogP contribution in [0.5, 0.6) is 0 Å². The van der Waals surface area contributed by atoms with E-state index < -0.39 is 23.3 Å². The first-order chi connectivity index (χ1) is 12.8. The van der Waals surface area contributed by atoms with Crippen molar-refractivity contribution in [1.82, 2.24) is 15.1 Å². The van der Waals surface area contributed by atoms with Crippen molar-refractivity contribution >= 4 is 17.8 Å². The minimum absolute atomic E-state index is 0.102. The van der Waals surface area contributed by atoms with Gasteiger partial charge in [-0.15, -0.1) is 0 Å². The van der Waals surface area contributed by atoms with E-state index in [9.17, 15) is 18.8 Å². The van der Waals surface area contributed by atoms with E-state index >= 15 is 0 Å². The normalized spacial score (nSPS) is 28.4. The number of urea groups is 1. The van der Waals surface area contributed by atoms with E-state index in [-0.39, 0.29) is 24.7 Å². The summed E-state index contributed by atoms with van der Waals surface area (Å²) in [6.07, 6.45) is 0.0870. The Balaban J connectivity index is 1.79. The van der Waals surface area contributed by atoms with E-state index in [1.54, 1.807) is 11.8 Å². The molecule has 2 heterocycles. The van der Waals surface area contributed by atoms with Crippen LogP contribution in [-0.4, -0.2) is 59.5 Å². The van der Waals surface area contributed by atoms with Gasteiger partial charge >= 0.3 is 6.03 Å². The third kappa shape index (κ3) is 3.53. The summed E-state index contributed by atoms with van der Waals surface area (Å²) in [6.45, 7) is 6.03. The molecule has 2 aliphatic heterocycles. The van der Waals surface area contributed by atoms with Crippen LogP contribution in [0.2, 0.25) is 0 Å². The van der Waals surface area contributed by atoms with Crippen LogP contribution >= 0.6 is 0 Å². The monoisotopic (exact) mass is 377 g/mol. The Morgan fingerprint density at radius 1 is 1.22 bits per heavy atom. The molecule has 2 aliphatic rings. The van der Waals surface area contributed by atoms with E-state index in [1.165, 1.54) is 24.3 Å². The number of halogens is 1. The van der Waals surface area contributed by atoms with Crippen molar-refractivity contribution in [3.63, 3.8) is 0 Å². The van der Waals surface area contributed by atoms with Crippen LogP contribution in [0.3, 0.4) is 0 Å². The fraction of sp³-hybridized carbons (Fsp3) is 0.526. The molecule has 27 heavy (non-hydrogen) atoms. The molecule has 1 aromatic rings. The quantitative estimate of drug-likeness (QED) is 0.809. The fourth-order valence-corrected chi connectivity index (χ4v) is 3.76. The van der Waals surface area contributed by atoms with Gasteiger partial charge < -0.3 is 15.0 Å². The van der Waals surface area contributed by atoms with Gasteiger partial charge in [0, 0.05) is 13.1 Å². The predicted octanol–water partition coefficient (Wildman–Crippen LogP) is 1.62. The third-order valence-corrected chi connectivity index (χ3v) is 5.11. The Hall–Kier alpha value is -2.48. The number of nitrogens with one attached hydrogen (secondary N) is 1. The molecule has 146 valence electrons. The molecule has 2 fully saturated rings. The van der Waals surface area contributed by atoms with Crippen LogP contribution in [0.4, 0.5) is 9.18 Å². The van der Waals surface area contributed by atoms with Gasteiger partial charge in [-0.3, -0.25) is 14.5 Å². The summed E-state index contributed by atoms with van der Waals surface area (Å²) in [5.74, 6) is -1.22. The number of carbonyl (C=O) groups is 3. The summed E-state index contributed by atoms with van der Waals surface area (Å²) in [5, 5.41) is 2.70. The summed E-state index contributed by atoms with van der Waals surface area (Å²) in [5.41, 5.74) is -0.787. The molecule has 1 aromatic carbocycles. The minimum atomic E-state index is -1.28. The van der Waals surface area contributed by atoms with Crippen molar-refractivity contribution in [3.05, 3.63) is 35.6 Å². The number of hydrogen-bond acceptors (Lipinski definition) is 4. The fourth-order valence-electron chi connectivity index (χ4n) is 3.76. The molecular formula is C19H24FN3O4. The lowest BCUT2D eigenvalue weighted by Gasteiger charge is -2.35. The molecule has 3 unspecified atom stereocenters.